The van der Waals surface area contributed by atoms with Gasteiger partial charge in [0.15, 0.2) is 0 Å². The lowest BCUT2D eigenvalue weighted by Crippen LogP contribution is -2.38. The van der Waals surface area contributed by atoms with E-state index in [4.69, 9.17) is 0 Å². The van der Waals surface area contributed by atoms with Crippen LogP contribution in [0.15, 0.2) is 11.6 Å². The van der Waals surface area contributed by atoms with E-state index >= 15 is 0 Å². The summed E-state index contributed by atoms with van der Waals surface area (Å²) in [7, 11) is 1.97. The summed E-state index contributed by atoms with van der Waals surface area (Å²) in [4.78, 5) is 0. The van der Waals surface area contributed by atoms with Gasteiger partial charge in [0.05, 0.1) is 0 Å². The first-order valence-corrected chi connectivity index (χ1v) is 7.22. The Bertz CT molecular complexity index is 315. The van der Waals surface area contributed by atoms with Crippen LogP contribution in [0.1, 0.15) is 59.8 Å². The first-order chi connectivity index (χ1) is 7.89. The minimum atomic E-state index is 0.117. The van der Waals surface area contributed by atoms with Gasteiger partial charge in [-0.25, -0.2) is 0 Å². The summed E-state index contributed by atoms with van der Waals surface area (Å²) < 4.78 is 0. The Morgan fingerprint density at radius 3 is 2.65 bits per heavy atom. The average Bonchev–Trinajstić information content (AvgIpc) is 2.28. The van der Waals surface area contributed by atoms with Crippen LogP contribution in [0.3, 0.4) is 0 Å². The molecule has 0 unspecified atom stereocenters. The third-order valence-electron chi connectivity index (χ3n) is 5.47. The minimum Gasteiger partial charge on any atom is -0.659 e. The first kappa shape index (κ1) is 13.1. The molecule has 0 spiro atoms. The topological polar surface area (TPSA) is 14.1 Å². The molecule has 0 aromatic rings. The van der Waals surface area contributed by atoms with Crippen LogP contribution in [0, 0.1) is 17.3 Å². The maximum atomic E-state index is 4.58. The van der Waals surface area contributed by atoms with E-state index < -0.39 is 0 Å². The molecule has 3 atom stereocenters. The zero-order chi connectivity index (χ0) is 12.7. The maximum absolute atomic E-state index is 4.58. The molecule has 0 radical (unpaired) electrons. The SMILES string of the molecule is C[N-]C(C)(C)[C@@H]1C=C2[C@@H](C)CCC[C@]2(C)CC1. The van der Waals surface area contributed by atoms with Crippen LogP contribution in [0.25, 0.3) is 5.32 Å². The Kier molecular flexibility index (Phi) is 3.42. The molecule has 0 aromatic heterocycles. The second-order valence-corrected chi connectivity index (χ2v) is 7.00. The normalized spacial score (nSPS) is 38.5. The van der Waals surface area contributed by atoms with Crippen molar-refractivity contribution < 1.29 is 0 Å². The van der Waals surface area contributed by atoms with E-state index in [1.807, 2.05) is 7.05 Å². The molecular formula is C16H28N-. The van der Waals surface area contributed by atoms with E-state index in [9.17, 15) is 0 Å². The van der Waals surface area contributed by atoms with Crippen molar-refractivity contribution in [3.8, 4) is 0 Å². The fourth-order valence-corrected chi connectivity index (χ4v) is 3.83. The lowest BCUT2D eigenvalue weighted by atomic mass is 9.59. The van der Waals surface area contributed by atoms with E-state index in [2.05, 4.69) is 39.1 Å². The van der Waals surface area contributed by atoms with Crippen LogP contribution >= 0.6 is 0 Å². The van der Waals surface area contributed by atoms with Gasteiger partial charge in [0.2, 0.25) is 0 Å². The Morgan fingerprint density at radius 1 is 1.29 bits per heavy atom. The molecule has 1 nitrogen and oxygen atoms in total. The number of fused-ring (bicyclic) bond motifs is 1. The molecule has 0 bridgehead atoms. The second-order valence-electron chi connectivity index (χ2n) is 7.00. The van der Waals surface area contributed by atoms with Gasteiger partial charge in [-0.05, 0) is 42.9 Å². The van der Waals surface area contributed by atoms with Gasteiger partial charge in [0.1, 0.15) is 0 Å². The predicted octanol–water partition coefficient (Wildman–Crippen LogP) is 4.93. The molecule has 0 heterocycles. The van der Waals surface area contributed by atoms with Crippen LogP contribution in [-0.4, -0.2) is 12.6 Å². The van der Waals surface area contributed by atoms with Gasteiger partial charge in [-0.2, -0.15) is 7.05 Å². The monoisotopic (exact) mass is 234 g/mol. The predicted molar refractivity (Wildman–Crippen MR) is 75.3 cm³/mol. The smallest absolute Gasteiger partial charge is 0.0113 e. The minimum absolute atomic E-state index is 0.117. The third-order valence-corrected chi connectivity index (χ3v) is 5.47. The lowest BCUT2D eigenvalue weighted by Gasteiger charge is -2.51. The third kappa shape index (κ3) is 2.31. The van der Waals surface area contributed by atoms with Crippen molar-refractivity contribution in [3.05, 3.63) is 17.0 Å². The quantitative estimate of drug-likeness (QED) is 0.601. The second kappa shape index (κ2) is 4.42. The molecule has 0 aliphatic heterocycles. The Balaban J connectivity index is 2.28. The fourth-order valence-electron chi connectivity index (χ4n) is 3.83. The van der Waals surface area contributed by atoms with E-state index in [1.54, 1.807) is 5.57 Å². The summed E-state index contributed by atoms with van der Waals surface area (Å²) in [6.07, 6.45) is 9.49. The van der Waals surface area contributed by atoms with Crippen LogP contribution in [-0.2, 0) is 0 Å². The summed E-state index contributed by atoms with van der Waals surface area (Å²) in [5.41, 5.74) is 2.38. The molecule has 1 fully saturated rings. The summed E-state index contributed by atoms with van der Waals surface area (Å²) in [5.74, 6) is 1.44. The van der Waals surface area contributed by atoms with E-state index in [0.717, 1.165) is 5.92 Å². The largest absolute Gasteiger partial charge is 0.659 e. The van der Waals surface area contributed by atoms with Gasteiger partial charge in [-0.1, -0.05) is 45.8 Å². The van der Waals surface area contributed by atoms with E-state index in [1.165, 1.54) is 32.1 Å². The molecule has 1 saturated carbocycles. The van der Waals surface area contributed by atoms with Crippen molar-refractivity contribution in [2.45, 2.75) is 65.3 Å². The molecule has 2 rings (SSSR count). The number of hydrogen-bond donors (Lipinski definition) is 0. The highest BCUT2D eigenvalue weighted by Gasteiger charge is 2.39. The molecule has 2 aliphatic carbocycles. The van der Waals surface area contributed by atoms with Crippen molar-refractivity contribution in [2.75, 3.05) is 7.05 Å². The summed E-state index contributed by atoms with van der Waals surface area (Å²) in [5, 5.41) is 4.58. The van der Waals surface area contributed by atoms with Crippen LogP contribution in [0.2, 0.25) is 0 Å². The van der Waals surface area contributed by atoms with E-state index in [0.29, 0.717) is 11.3 Å². The Labute approximate surface area is 107 Å². The molecule has 2 aliphatic rings. The number of hydrogen-bond acceptors (Lipinski definition) is 0. The molecule has 1 heteroatoms. The Morgan fingerprint density at radius 2 is 2.00 bits per heavy atom. The summed E-state index contributed by atoms with van der Waals surface area (Å²) >= 11 is 0. The number of rotatable bonds is 2. The van der Waals surface area contributed by atoms with Crippen molar-refractivity contribution in [1.29, 1.82) is 0 Å². The summed E-state index contributed by atoms with van der Waals surface area (Å²) in [6, 6.07) is 0. The highest BCUT2D eigenvalue weighted by atomic mass is 14.9. The highest BCUT2D eigenvalue weighted by molar-refractivity contribution is 5.26. The molecule has 0 amide bonds. The molecule has 17 heavy (non-hydrogen) atoms. The standard InChI is InChI=1S/C16H28N/c1-12-7-6-9-16(4)10-8-13(11-14(12)16)15(2,3)17-5/h11-13H,6-10H2,1-5H3/q-1/t12-,13-,16+/m0/s1. The summed E-state index contributed by atoms with van der Waals surface area (Å²) in [6.45, 7) is 9.47. The van der Waals surface area contributed by atoms with Gasteiger partial charge in [0.25, 0.3) is 0 Å². The van der Waals surface area contributed by atoms with Gasteiger partial charge in [-0.3, -0.25) is 0 Å². The molecule has 0 aromatic carbocycles. The first-order valence-electron chi connectivity index (χ1n) is 7.22. The van der Waals surface area contributed by atoms with Crippen LogP contribution in [0.4, 0.5) is 0 Å². The van der Waals surface area contributed by atoms with Crippen molar-refractivity contribution in [3.63, 3.8) is 0 Å². The van der Waals surface area contributed by atoms with Crippen molar-refractivity contribution in [1.82, 2.24) is 0 Å². The number of allylic oxidation sites excluding steroid dienone is 1. The zero-order valence-corrected chi connectivity index (χ0v) is 12.2. The van der Waals surface area contributed by atoms with Gasteiger partial charge in [0, 0.05) is 0 Å². The Hall–Kier alpha value is -0.300. The van der Waals surface area contributed by atoms with Gasteiger partial charge < -0.3 is 5.32 Å². The zero-order valence-electron chi connectivity index (χ0n) is 12.2. The molecule has 98 valence electrons. The lowest BCUT2D eigenvalue weighted by molar-refractivity contribution is 0.197. The number of nitrogens with zero attached hydrogens (tertiary/aromatic N) is 1. The van der Waals surface area contributed by atoms with Crippen LogP contribution < -0.4 is 0 Å². The fraction of sp³-hybridized carbons (Fsp3) is 0.875. The molecular weight excluding hydrogens is 206 g/mol. The van der Waals surface area contributed by atoms with Crippen LogP contribution in [0.5, 0.6) is 0 Å². The van der Waals surface area contributed by atoms with Crippen molar-refractivity contribution in [2.24, 2.45) is 17.3 Å². The molecule has 0 saturated heterocycles. The highest BCUT2D eigenvalue weighted by Crippen LogP contribution is 2.52. The van der Waals surface area contributed by atoms with Crippen molar-refractivity contribution >= 4 is 0 Å². The van der Waals surface area contributed by atoms with Gasteiger partial charge >= 0.3 is 0 Å². The van der Waals surface area contributed by atoms with Gasteiger partial charge in [-0.15, -0.1) is 5.54 Å². The molecule has 0 N–H and O–H groups in total. The average molecular weight is 234 g/mol. The van der Waals surface area contributed by atoms with E-state index in [-0.39, 0.29) is 5.54 Å². The maximum Gasteiger partial charge on any atom is -0.0113 e.